The zero-order valence-electron chi connectivity index (χ0n) is 8.16. The van der Waals surface area contributed by atoms with Gasteiger partial charge in [-0.05, 0) is 30.5 Å². The van der Waals surface area contributed by atoms with Crippen LogP contribution in [0.25, 0.3) is 0 Å². The third-order valence-electron chi connectivity index (χ3n) is 2.78. The van der Waals surface area contributed by atoms with Gasteiger partial charge in [-0.1, -0.05) is 12.1 Å². The number of phenols is 1. The molecular weight excluding hydrogens is 176 g/mol. The maximum absolute atomic E-state index is 9.18. The minimum Gasteiger partial charge on any atom is -0.508 e. The number of nitrogens with two attached hydrogens (primary N) is 1. The van der Waals surface area contributed by atoms with Gasteiger partial charge in [-0.25, -0.2) is 0 Å². The van der Waals surface area contributed by atoms with Crippen LogP contribution in [0.5, 0.6) is 5.75 Å². The number of hydrogen-bond acceptors (Lipinski definition) is 3. The molecule has 0 amide bonds. The highest BCUT2D eigenvalue weighted by Gasteiger charge is 2.43. The third-order valence-corrected chi connectivity index (χ3v) is 2.78. The first kappa shape index (κ1) is 9.49. The highest BCUT2D eigenvalue weighted by Crippen LogP contribution is 2.45. The van der Waals surface area contributed by atoms with Crippen molar-refractivity contribution in [2.75, 3.05) is 13.1 Å². The Balaban J connectivity index is 2.10. The molecule has 2 rings (SSSR count). The van der Waals surface area contributed by atoms with Crippen LogP contribution in [0.15, 0.2) is 24.3 Å². The summed E-state index contributed by atoms with van der Waals surface area (Å²) in [6, 6.07) is 7.43. The van der Waals surface area contributed by atoms with Gasteiger partial charge in [0.25, 0.3) is 0 Å². The largest absolute Gasteiger partial charge is 0.508 e. The number of hydrogen-bond donors (Lipinski definition) is 3. The summed E-state index contributed by atoms with van der Waals surface area (Å²) in [6.07, 6.45) is 2.33. The number of aromatic hydroxyl groups is 1. The summed E-state index contributed by atoms with van der Waals surface area (Å²) >= 11 is 0. The topological polar surface area (TPSA) is 58.3 Å². The Labute approximate surface area is 83.9 Å². The first-order valence-corrected chi connectivity index (χ1v) is 5.01. The van der Waals surface area contributed by atoms with Gasteiger partial charge < -0.3 is 16.2 Å². The molecule has 1 fully saturated rings. The van der Waals surface area contributed by atoms with Crippen molar-refractivity contribution in [2.45, 2.75) is 18.4 Å². The predicted octanol–water partition coefficient (Wildman–Crippen LogP) is 0.930. The van der Waals surface area contributed by atoms with E-state index < -0.39 is 0 Å². The Kier molecular flexibility index (Phi) is 2.44. The molecule has 0 atom stereocenters. The standard InChI is InChI=1S/C11H16N2O/c12-7-8-13-11(5-6-11)9-1-3-10(14)4-2-9/h1-4,13-14H,5-8,12H2. The fourth-order valence-electron chi connectivity index (χ4n) is 1.78. The van der Waals surface area contributed by atoms with Crippen LogP contribution in [0.2, 0.25) is 0 Å². The third kappa shape index (κ3) is 1.74. The predicted molar refractivity (Wildman–Crippen MR) is 56.1 cm³/mol. The summed E-state index contributed by atoms with van der Waals surface area (Å²) in [6.45, 7) is 1.51. The molecule has 1 saturated carbocycles. The van der Waals surface area contributed by atoms with Gasteiger partial charge in [-0.2, -0.15) is 0 Å². The fourth-order valence-corrected chi connectivity index (χ4v) is 1.78. The molecule has 1 aromatic carbocycles. The Morgan fingerprint density at radius 2 is 1.93 bits per heavy atom. The lowest BCUT2D eigenvalue weighted by Crippen LogP contribution is -2.33. The van der Waals surface area contributed by atoms with Gasteiger partial charge in [0.1, 0.15) is 5.75 Å². The van der Waals surface area contributed by atoms with E-state index in [9.17, 15) is 5.11 Å². The average molecular weight is 192 g/mol. The molecule has 4 N–H and O–H groups in total. The molecule has 1 aromatic rings. The number of nitrogens with one attached hydrogen (secondary N) is 1. The van der Waals surface area contributed by atoms with E-state index in [1.54, 1.807) is 12.1 Å². The molecule has 1 aliphatic carbocycles. The van der Waals surface area contributed by atoms with Crippen LogP contribution in [0.3, 0.4) is 0 Å². The van der Waals surface area contributed by atoms with E-state index in [1.165, 1.54) is 5.56 Å². The van der Waals surface area contributed by atoms with Gasteiger partial charge in [0.15, 0.2) is 0 Å². The summed E-state index contributed by atoms with van der Waals surface area (Å²) in [5.41, 5.74) is 6.86. The van der Waals surface area contributed by atoms with Gasteiger partial charge >= 0.3 is 0 Å². The van der Waals surface area contributed by atoms with Crippen molar-refractivity contribution >= 4 is 0 Å². The highest BCUT2D eigenvalue weighted by atomic mass is 16.3. The number of benzene rings is 1. The van der Waals surface area contributed by atoms with Crippen molar-refractivity contribution in [3.05, 3.63) is 29.8 Å². The van der Waals surface area contributed by atoms with Crippen molar-refractivity contribution < 1.29 is 5.11 Å². The SMILES string of the molecule is NCCNC1(c2ccc(O)cc2)CC1. The maximum Gasteiger partial charge on any atom is 0.115 e. The molecule has 1 aliphatic rings. The first-order valence-electron chi connectivity index (χ1n) is 5.01. The summed E-state index contributed by atoms with van der Waals surface area (Å²) in [5.74, 6) is 0.323. The van der Waals surface area contributed by atoms with E-state index in [4.69, 9.17) is 5.73 Å². The second kappa shape index (κ2) is 3.59. The zero-order valence-corrected chi connectivity index (χ0v) is 8.16. The van der Waals surface area contributed by atoms with Gasteiger partial charge in [0.2, 0.25) is 0 Å². The molecule has 0 bridgehead atoms. The van der Waals surface area contributed by atoms with Gasteiger partial charge in [-0.3, -0.25) is 0 Å². The summed E-state index contributed by atoms with van der Waals surface area (Å²) < 4.78 is 0. The van der Waals surface area contributed by atoms with Crippen molar-refractivity contribution in [1.29, 1.82) is 0 Å². The molecule has 0 radical (unpaired) electrons. The van der Waals surface area contributed by atoms with E-state index in [1.807, 2.05) is 12.1 Å². The average Bonchev–Trinajstić information content (AvgIpc) is 2.97. The van der Waals surface area contributed by atoms with E-state index in [0.29, 0.717) is 12.3 Å². The normalized spacial score (nSPS) is 18.1. The lowest BCUT2D eigenvalue weighted by Gasteiger charge is -2.17. The van der Waals surface area contributed by atoms with Crippen LogP contribution in [0, 0.1) is 0 Å². The molecule has 0 heterocycles. The molecule has 0 aromatic heterocycles. The van der Waals surface area contributed by atoms with Crippen LogP contribution in [-0.4, -0.2) is 18.2 Å². The fraction of sp³-hybridized carbons (Fsp3) is 0.455. The van der Waals surface area contributed by atoms with Gasteiger partial charge in [-0.15, -0.1) is 0 Å². The second-order valence-electron chi connectivity index (χ2n) is 3.84. The van der Waals surface area contributed by atoms with Crippen molar-refractivity contribution in [3.63, 3.8) is 0 Å². The molecule has 0 unspecified atom stereocenters. The minimum absolute atomic E-state index is 0.146. The van der Waals surface area contributed by atoms with Crippen LogP contribution >= 0.6 is 0 Å². The van der Waals surface area contributed by atoms with Crippen molar-refractivity contribution in [1.82, 2.24) is 5.32 Å². The molecule has 0 saturated heterocycles. The molecule has 0 spiro atoms. The lowest BCUT2D eigenvalue weighted by molar-refractivity contribution is 0.473. The molecule has 76 valence electrons. The van der Waals surface area contributed by atoms with Gasteiger partial charge in [0.05, 0.1) is 0 Å². The highest BCUT2D eigenvalue weighted by molar-refractivity contribution is 5.34. The summed E-state index contributed by atoms with van der Waals surface area (Å²) in [4.78, 5) is 0. The smallest absolute Gasteiger partial charge is 0.115 e. The molecule has 3 nitrogen and oxygen atoms in total. The molecule has 3 heteroatoms. The maximum atomic E-state index is 9.18. The van der Waals surface area contributed by atoms with Crippen LogP contribution in [0.4, 0.5) is 0 Å². The monoisotopic (exact) mass is 192 g/mol. The minimum atomic E-state index is 0.146. The van der Waals surface area contributed by atoms with Crippen LogP contribution in [-0.2, 0) is 5.54 Å². The van der Waals surface area contributed by atoms with E-state index >= 15 is 0 Å². The zero-order chi connectivity index (χ0) is 10.0. The van der Waals surface area contributed by atoms with E-state index in [2.05, 4.69) is 5.32 Å². The Bertz CT molecular complexity index is 304. The first-order chi connectivity index (χ1) is 6.77. The quantitative estimate of drug-likeness (QED) is 0.665. The van der Waals surface area contributed by atoms with Crippen LogP contribution in [0.1, 0.15) is 18.4 Å². The second-order valence-corrected chi connectivity index (χ2v) is 3.84. The molecular formula is C11H16N2O. The van der Waals surface area contributed by atoms with E-state index in [0.717, 1.165) is 19.4 Å². The lowest BCUT2D eigenvalue weighted by atomic mass is 10.0. The number of phenolic OH excluding ortho intramolecular Hbond substituents is 1. The Morgan fingerprint density at radius 3 is 2.43 bits per heavy atom. The molecule has 0 aliphatic heterocycles. The van der Waals surface area contributed by atoms with E-state index in [-0.39, 0.29) is 5.54 Å². The number of rotatable bonds is 4. The summed E-state index contributed by atoms with van der Waals surface area (Å²) in [7, 11) is 0. The summed E-state index contributed by atoms with van der Waals surface area (Å²) in [5, 5.41) is 12.6. The van der Waals surface area contributed by atoms with Crippen molar-refractivity contribution in [3.8, 4) is 5.75 Å². The van der Waals surface area contributed by atoms with Crippen molar-refractivity contribution in [2.24, 2.45) is 5.73 Å². The van der Waals surface area contributed by atoms with Gasteiger partial charge in [0, 0.05) is 18.6 Å². The Hall–Kier alpha value is -1.06. The Morgan fingerprint density at radius 1 is 1.29 bits per heavy atom. The van der Waals surface area contributed by atoms with Crippen LogP contribution < -0.4 is 11.1 Å². The molecule has 14 heavy (non-hydrogen) atoms.